The predicted molar refractivity (Wildman–Crippen MR) is 90.9 cm³/mol. The summed E-state index contributed by atoms with van der Waals surface area (Å²) in [4.78, 5) is 18.0. The zero-order chi connectivity index (χ0) is 15.5. The van der Waals surface area contributed by atoms with E-state index < -0.39 is 0 Å². The molecule has 2 heterocycles. The smallest absolute Gasteiger partial charge is 0.321 e. The van der Waals surface area contributed by atoms with Crippen LogP contribution in [0.4, 0.5) is 10.5 Å². The molecule has 1 aliphatic heterocycles. The third kappa shape index (κ3) is 3.47. The largest absolute Gasteiger partial charge is 0.324 e. The second kappa shape index (κ2) is 6.48. The number of nitrogens with one attached hydrogen (secondary N) is 1. The minimum atomic E-state index is -0.0490. The van der Waals surface area contributed by atoms with Gasteiger partial charge in [0.25, 0.3) is 0 Å². The first-order valence-corrected chi connectivity index (χ1v) is 8.12. The Kier molecular flexibility index (Phi) is 4.43. The molecule has 1 fully saturated rings. The lowest BCUT2D eigenvalue weighted by Gasteiger charge is -2.39. The fourth-order valence-corrected chi connectivity index (χ4v) is 2.94. The number of anilines is 1. The summed E-state index contributed by atoms with van der Waals surface area (Å²) in [5.41, 5.74) is 3.37. The highest BCUT2D eigenvalue weighted by Crippen LogP contribution is 2.24. The second-order valence-corrected chi connectivity index (χ2v) is 6.60. The first kappa shape index (κ1) is 15.0. The van der Waals surface area contributed by atoms with Crippen LogP contribution in [-0.4, -0.2) is 29.0 Å². The summed E-state index contributed by atoms with van der Waals surface area (Å²) in [5, 5.41) is 2.90. The summed E-state index contributed by atoms with van der Waals surface area (Å²) in [6.45, 7) is 3.71. The van der Waals surface area contributed by atoms with E-state index in [4.69, 9.17) is 0 Å². The molecule has 5 heteroatoms. The van der Waals surface area contributed by atoms with Crippen molar-refractivity contribution >= 4 is 27.6 Å². The lowest BCUT2D eigenvalue weighted by atomic mass is 9.92. The summed E-state index contributed by atoms with van der Waals surface area (Å²) < 4.78 is 0.792. The number of carbonyl (C=O) groups is 1. The predicted octanol–water partition coefficient (Wildman–Crippen LogP) is 3.86. The Labute approximate surface area is 138 Å². The van der Waals surface area contributed by atoms with E-state index in [1.54, 1.807) is 18.5 Å². The van der Waals surface area contributed by atoms with Crippen LogP contribution in [0.2, 0.25) is 0 Å². The highest BCUT2D eigenvalue weighted by atomic mass is 79.9. The molecular weight excluding hydrogens is 342 g/mol. The molecule has 0 aliphatic carbocycles. The number of nitrogens with zero attached hydrogens (tertiary/aromatic N) is 2. The number of pyridine rings is 1. The average Bonchev–Trinajstić information content (AvgIpc) is 2.46. The molecule has 2 aromatic rings. The minimum absolute atomic E-state index is 0.0490. The molecule has 0 atom stereocenters. The van der Waals surface area contributed by atoms with Gasteiger partial charge in [-0.15, -0.1) is 0 Å². The molecule has 1 saturated heterocycles. The van der Waals surface area contributed by atoms with Gasteiger partial charge in [0, 0.05) is 25.5 Å². The van der Waals surface area contributed by atoms with E-state index >= 15 is 0 Å². The lowest BCUT2D eigenvalue weighted by molar-refractivity contribution is 0.131. The number of aromatic nitrogens is 1. The third-order valence-corrected chi connectivity index (χ3v) is 4.54. The molecule has 4 nitrogen and oxygen atoms in total. The van der Waals surface area contributed by atoms with Crippen LogP contribution in [0.1, 0.15) is 11.1 Å². The Balaban J connectivity index is 1.49. The van der Waals surface area contributed by atoms with Crippen molar-refractivity contribution in [3.05, 3.63) is 58.3 Å². The Bertz CT molecular complexity index is 666. The van der Waals surface area contributed by atoms with Crippen molar-refractivity contribution in [3.63, 3.8) is 0 Å². The van der Waals surface area contributed by atoms with E-state index in [1.807, 2.05) is 4.90 Å². The van der Waals surface area contributed by atoms with E-state index in [2.05, 4.69) is 57.4 Å². The highest BCUT2D eigenvalue weighted by Gasteiger charge is 2.30. The van der Waals surface area contributed by atoms with Crippen molar-refractivity contribution in [3.8, 4) is 0 Å². The van der Waals surface area contributed by atoms with E-state index in [-0.39, 0.29) is 6.03 Å². The Hall–Kier alpha value is -1.88. The van der Waals surface area contributed by atoms with Gasteiger partial charge in [0.1, 0.15) is 0 Å². The normalized spacial score (nSPS) is 14.5. The fraction of sp³-hybridized carbons (Fsp3) is 0.294. The van der Waals surface area contributed by atoms with E-state index in [1.165, 1.54) is 11.1 Å². The number of benzene rings is 1. The summed E-state index contributed by atoms with van der Waals surface area (Å²) >= 11 is 3.38. The van der Waals surface area contributed by atoms with E-state index in [0.29, 0.717) is 5.92 Å². The number of hydrogen-bond acceptors (Lipinski definition) is 2. The van der Waals surface area contributed by atoms with Crippen molar-refractivity contribution in [2.24, 2.45) is 5.92 Å². The highest BCUT2D eigenvalue weighted by molar-refractivity contribution is 9.10. The molecular formula is C17H18BrN3O. The Morgan fingerprint density at radius 2 is 2.05 bits per heavy atom. The maximum Gasteiger partial charge on any atom is 0.321 e. The van der Waals surface area contributed by atoms with Gasteiger partial charge in [0.05, 0.1) is 10.2 Å². The zero-order valence-electron chi connectivity index (χ0n) is 12.4. The van der Waals surface area contributed by atoms with Gasteiger partial charge < -0.3 is 10.2 Å². The number of amides is 2. The standard InChI is InChI=1S/C17H18BrN3O/c1-12-2-4-13(5-3-12)8-14-10-21(11-14)17(22)20-16-6-7-19-9-15(16)18/h2-7,9,14H,8,10-11H2,1H3,(H,19,20,22). The minimum Gasteiger partial charge on any atom is -0.324 e. The van der Waals surface area contributed by atoms with Gasteiger partial charge in [-0.1, -0.05) is 29.8 Å². The summed E-state index contributed by atoms with van der Waals surface area (Å²) in [7, 11) is 0. The van der Waals surface area contributed by atoms with Crippen LogP contribution in [0.15, 0.2) is 47.2 Å². The van der Waals surface area contributed by atoms with E-state index in [9.17, 15) is 4.79 Å². The number of likely N-dealkylation sites (tertiary alicyclic amines) is 1. The van der Waals surface area contributed by atoms with Crippen molar-refractivity contribution in [2.45, 2.75) is 13.3 Å². The summed E-state index contributed by atoms with van der Waals surface area (Å²) in [5.74, 6) is 0.550. The fourth-order valence-electron chi connectivity index (χ4n) is 2.59. The summed E-state index contributed by atoms with van der Waals surface area (Å²) in [6, 6.07) is 10.4. The summed E-state index contributed by atoms with van der Waals surface area (Å²) in [6.07, 6.45) is 4.37. The maximum absolute atomic E-state index is 12.2. The molecule has 1 aliphatic rings. The van der Waals surface area contributed by atoms with Crippen LogP contribution in [0.25, 0.3) is 0 Å². The SMILES string of the molecule is Cc1ccc(CC2CN(C(=O)Nc3ccncc3Br)C2)cc1. The van der Waals surface area contributed by atoms with Crippen LogP contribution in [-0.2, 0) is 6.42 Å². The number of aryl methyl sites for hydroxylation is 1. The lowest BCUT2D eigenvalue weighted by Crippen LogP contribution is -2.52. The average molecular weight is 360 g/mol. The van der Waals surface area contributed by atoms with Gasteiger partial charge >= 0.3 is 6.03 Å². The molecule has 22 heavy (non-hydrogen) atoms. The van der Waals surface area contributed by atoms with E-state index in [0.717, 1.165) is 29.7 Å². The molecule has 0 unspecified atom stereocenters. The number of urea groups is 1. The number of carbonyl (C=O) groups excluding carboxylic acids is 1. The first-order valence-electron chi connectivity index (χ1n) is 7.33. The maximum atomic E-state index is 12.2. The molecule has 0 saturated carbocycles. The molecule has 3 rings (SSSR count). The van der Waals surface area contributed by atoms with Crippen LogP contribution in [0.3, 0.4) is 0 Å². The molecule has 0 spiro atoms. The number of hydrogen-bond donors (Lipinski definition) is 1. The van der Waals surface area contributed by atoms with Gasteiger partial charge in [-0.25, -0.2) is 4.79 Å². The third-order valence-electron chi connectivity index (χ3n) is 3.90. The van der Waals surface area contributed by atoms with Gasteiger partial charge in [0.2, 0.25) is 0 Å². The Morgan fingerprint density at radius 3 is 2.73 bits per heavy atom. The molecule has 1 N–H and O–H groups in total. The molecule has 0 radical (unpaired) electrons. The van der Waals surface area contributed by atoms with Crippen molar-refractivity contribution < 1.29 is 4.79 Å². The number of rotatable bonds is 3. The van der Waals surface area contributed by atoms with Gasteiger partial charge in [-0.2, -0.15) is 0 Å². The number of halogens is 1. The van der Waals surface area contributed by atoms with Crippen molar-refractivity contribution in [2.75, 3.05) is 18.4 Å². The molecule has 1 aromatic carbocycles. The topological polar surface area (TPSA) is 45.2 Å². The van der Waals surface area contributed by atoms with Crippen LogP contribution < -0.4 is 5.32 Å². The molecule has 1 aromatic heterocycles. The zero-order valence-corrected chi connectivity index (χ0v) is 14.0. The molecule has 114 valence electrons. The molecule has 0 bridgehead atoms. The first-order chi connectivity index (χ1) is 10.6. The second-order valence-electron chi connectivity index (χ2n) is 5.75. The Morgan fingerprint density at radius 1 is 1.32 bits per heavy atom. The van der Waals surface area contributed by atoms with Gasteiger partial charge in [0.15, 0.2) is 0 Å². The van der Waals surface area contributed by atoms with Crippen molar-refractivity contribution in [1.29, 1.82) is 0 Å². The van der Waals surface area contributed by atoms with Crippen LogP contribution in [0, 0.1) is 12.8 Å². The van der Waals surface area contributed by atoms with Gasteiger partial charge in [-0.3, -0.25) is 4.98 Å². The van der Waals surface area contributed by atoms with Gasteiger partial charge in [-0.05, 0) is 46.8 Å². The monoisotopic (exact) mass is 359 g/mol. The molecule has 2 amide bonds. The van der Waals surface area contributed by atoms with Crippen LogP contribution in [0.5, 0.6) is 0 Å². The quantitative estimate of drug-likeness (QED) is 0.904. The van der Waals surface area contributed by atoms with Crippen LogP contribution >= 0.6 is 15.9 Å². The van der Waals surface area contributed by atoms with Crippen molar-refractivity contribution in [1.82, 2.24) is 9.88 Å².